The highest BCUT2D eigenvalue weighted by atomic mass is 79.9. The average Bonchev–Trinajstić information content (AvgIpc) is 3.08. The van der Waals surface area contributed by atoms with Crippen molar-refractivity contribution >= 4 is 55.1 Å². The molecule has 4 aromatic rings. The molecular weight excluding hydrogens is 511 g/mol. The number of hydrogen-bond acceptors (Lipinski definition) is 1. The van der Waals surface area contributed by atoms with Crippen LogP contribution < -0.4 is 0 Å². The predicted molar refractivity (Wildman–Crippen MR) is 120 cm³/mol. The molecule has 2 nitrogen and oxygen atoms in total. The number of H-pyrrole nitrogens is 1. The van der Waals surface area contributed by atoms with Crippen molar-refractivity contribution in [3.8, 4) is 33.9 Å². The molecule has 134 valence electrons. The first kappa shape index (κ1) is 18.8. The minimum atomic E-state index is 0.556. The summed E-state index contributed by atoms with van der Waals surface area (Å²) in [6.45, 7) is 0. The number of hydrogen-bond donors (Lipinski definition) is 1. The number of nitrogens with zero attached hydrogens (tertiary/aromatic N) is 1. The van der Waals surface area contributed by atoms with Gasteiger partial charge in [0.1, 0.15) is 5.82 Å². The molecule has 0 saturated heterocycles. The first-order chi connectivity index (χ1) is 13.0. The molecular formula is C21H12Br2Cl2N2. The highest BCUT2D eigenvalue weighted by Gasteiger charge is 2.17. The Labute approximate surface area is 183 Å². The topological polar surface area (TPSA) is 28.7 Å². The zero-order valence-electron chi connectivity index (χ0n) is 13.8. The summed E-state index contributed by atoms with van der Waals surface area (Å²) >= 11 is 19.4. The summed E-state index contributed by atoms with van der Waals surface area (Å²) in [5.74, 6) is 0.701. The molecule has 0 atom stereocenters. The predicted octanol–water partition coefficient (Wildman–Crippen LogP) is 8.24. The highest BCUT2D eigenvalue weighted by molar-refractivity contribution is 9.10. The minimum Gasteiger partial charge on any atom is -0.337 e. The fraction of sp³-hybridized carbons (Fsp3) is 0. The van der Waals surface area contributed by atoms with E-state index in [-0.39, 0.29) is 0 Å². The largest absolute Gasteiger partial charge is 0.337 e. The Balaban J connectivity index is 1.91. The van der Waals surface area contributed by atoms with E-state index in [2.05, 4.69) is 36.8 Å². The summed E-state index contributed by atoms with van der Waals surface area (Å²) in [5, 5.41) is 1.15. The number of rotatable bonds is 3. The van der Waals surface area contributed by atoms with Gasteiger partial charge in [0.25, 0.3) is 0 Å². The fourth-order valence-corrected chi connectivity index (χ4v) is 3.85. The van der Waals surface area contributed by atoms with Crippen LogP contribution in [0.2, 0.25) is 10.0 Å². The lowest BCUT2D eigenvalue weighted by Crippen LogP contribution is -1.83. The van der Waals surface area contributed by atoms with Crippen LogP contribution in [-0.2, 0) is 0 Å². The zero-order valence-corrected chi connectivity index (χ0v) is 18.5. The van der Waals surface area contributed by atoms with Crippen LogP contribution in [0.5, 0.6) is 0 Å². The molecule has 0 spiro atoms. The summed E-state index contributed by atoms with van der Waals surface area (Å²) in [6.07, 6.45) is 0. The standard InChI is InChI=1S/C21H12Br2Cl2N2/c22-14-5-1-12(2-6-14)19-20(13-3-7-15(23)8-4-13)27-21(26-19)17-10-9-16(24)11-18(17)25/h1-11H,(H,26,27). The van der Waals surface area contributed by atoms with Crippen LogP contribution in [-0.4, -0.2) is 9.97 Å². The lowest BCUT2D eigenvalue weighted by Gasteiger charge is -2.04. The highest BCUT2D eigenvalue weighted by Crippen LogP contribution is 2.36. The van der Waals surface area contributed by atoms with Crippen LogP contribution in [0.4, 0.5) is 0 Å². The molecule has 0 fully saturated rings. The quantitative estimate of drug-likeness (QED) is 0.288. The first-order valence-electron chi connectivity index (χ1n) is 8.08. The smallest absolute Gasteiger partial charge is 0.140 e. The van der Waals surface area contributed by atoms with Gasteiger partial charge in [-0.2, -0.15) is 0 Å². The van der Waals surface area contributed by atoms with Crippen molar-refractivity contribution in [2.24, 2.45) is 0 Å². The fourth-order valence-electron chi connectivity index (χ4n) is 2.82. The van der Waals surface area contributed by atoms with Gasteiger partial charge in [0.05, 0.1) is 16.4 Å². The van der Waals surface area contributed by atoms with E-state index in [4.69, 9.17) is 28.2 Å². The van der Waals surface area contributed by atoms with Gasteiger partial charge in [-0.15, -0.1) is 0 Å². The van der Waals surface area contributed by atoms with E-state index in [0.717, 1.165) is 37.0 Å². The van der Waals surface area contributed by atoms with E-state index in [1.807, 2.05) is 60.7 Å². The second-order valence-electron chi connectivity index (χ2n) is 5.95. The van der Waals surface area contributed by atoms with Crippen LogP contribution in [0.25, 0.3) is 33.9 Å². The number of halogens is 4. The van der Waals surface area contributed by atoms with Gasteiger partial charge in [0.15, 0.2) is 0 Å². The Bertz CT molecular complexity index is 1040. The lowest BCUT2D eigenvalue weighted by atomic mass is 10.1. The van der Waals surface area contributed by atoms with Gasteiger partial charge in [-0.05, 0) is 42.5 Å². The lowest BCUT2D eigenvalue weighted by molar-refractivity contribution is 1.31. The molecule has 1 N–H and O–H groups in total. The summed E-state index contributed by atoms with van der Waals surface area (Å²) in [7, 11) is 0. The molecule has 0 saturated carbocycles. The summed E-state index contributed by atoms with van der Waals surface area (Å²) < 4.78 is 2.05. The molecule has 0 bridgehead atoms. The van der Waals surface area contributed by atoms with Crippen molar-refractivity contribution in [2.75, 3.05) is 0 Å². The van der Waals surface area contributed by atoms with Crippen LogP contribution in [0.3, 0.4) is 0 Å². The van der Waals surface area contributed by atoms with Crippen LogP contribution in [0.15, 0.2) is 75.7 Å². The molecule has 3 aromatic carbocycles. The molecule has 1 heterocycles. The Morgan fingerprint density at radius 3 is 1.93 bits per heavy atom. The summed E-state index contributed by atoms with van der Waals surface area (Å²) in [6, 6.07) is 21.6. The molecule has 0 radical (unpaired) electrons. The number of imidazole rings is 1. The second-order valence-corrected chi connectivity index (χ2v) is 8.62. The number of nitrogens with one attached hydrogen (secondary N) is 1. The Hall–Kier alpha value is -1.59. The number of aromatic nitrogens is 2. The molecule has 6 heteroatoms. The molecule has 1 aromatic heterocycles. The molecule has 0 unspecified atom stereocenters. The monoisotopic (exact) mass is 520 g/mol. The van der Waals surface area contributed by atoms with E-state index < -0.39 is 0 Å². The maximum Gasteiger partial charge on any atom is 0.140 e. The van der Waals surface area contributed by atoms with Crippen molar-refractivity contribution in [1.82, 2.24) is 9.97 Å². The van der Waals surface area contributed by atoms with Crippen molar-refractivity contribution in [1.29, 1.82) is 0 Å². The van der Waals surface area contributed by atoms with Crippen LogP contribution in [0, 0.1) is 0 Å². The molecule has 0 aliphatic heterocycles. The number of benzene rings is 3. The molecule has 0 aliphatic carbocycles. The van der Waals surface area contributed by atoms with Gasteiger partial charge in [-0.25, -0.2) is 4.98 Å². The molecule has 0 aliphatic rings. The van der Waals surface area contributed by atoms with Crippen molar-refractivity contribution < 1.29 is 0 Å². The zero-order chi connectivity index (χ0) is 19.0. The Kier molecular flexibility index (Phi) is 5.42. The maximum absolute atomic E-state index is 6.40. The number of aromatic amines is 1. The third-order valence-corrected chi connectivity index (χ3v) is 5.75. The van der Waals surface area contributed by atoms with E-state index in [0.29, 0.717) is 15.9 Å². The van der Waals surface area contributed by atoms with E-state index in [1.165, 1.54) is 0 Å². The van der Waals surface area contributed by atoms with Gasteiger partial charge in [-0.1, -0.05) is 79.3 Å². The first-order valence-corrected chi connectivity index (χ1v) is 10.4. The molecule has 0 amide bonds. The molecule has 4 rings (SSSR count). The van der Waals surface area contributed by atoms with Gasteiger partial charge in [0, 0.05) is 30.7 Å². The van der Waals surface area contributed by atoms with Crippen LogP contribution >= 0.6 is 55.1 Å². The minimum absolute atomic E-state index is 0.556. The van der Waals surface area contributed by atoms with E-state index in [1.54, 1.807) is 6.07 Å². The third kappa shape index (κ3) is 3.99. The van der Waals surface area contributed by atoms with Crippen LogP contribution in [0.1, 0.15) is 0 Å². The van der Waals surface area contributed by atoms with Gasteiger partial charge in [0.2, 0.25) is 0 Å². The van der Waals surface area contributed by atoms with Crippen molar-refractivity contribution in [2.45, 2.75) is 0 Å². The SMILES string of the molecule is Clc1ccc(-c2nc(-c3ccc(Br)cc3)c(-c3ccc(Br)cc3)[nH]2)c(Cl)c1. The normalized spacial score (nSPS) is 11.0. The summed E-state index contributed by atoms with van der Waals surface area (Å²) in [4.78, 5) is 8.30. The Morgan fingerprint density at radius 1 is 0.741 bits per heavy atom. The van der Waals surface area contributed by atoms with Gasteiger partial charge >= 0.3 is 0 Å². The van der Waals surface area contributed by atoms with E-state index in [9.17, 15) is 0 Å². The second kappa shape index (κ2) is 7.80. The maximum atomic E-state index is 6.40. The van der Waals surface area contributed by atoms with E-state index >= 15 is 0 Å². The summed E-state index contributed by atoms with van der Waals surface area (Å²) in [5.41, 5.74) is 4.67. The third-order valence-electron chi connectivity index (χ3n) is 4.14. The van der Waals surface area contributed by atoms with Gasteiger partial charge < -0.3 is 4.98 Å². The van der Waals surface area contributed by atoms with Gasteiger partial charge in [-0.3, -0.25) is 0 Å². The van der Waals surface area contributed by atoms with Crippen molar-refractivity contribution in [3.05, 3.63) is 85.7 Å². The molecule has 27 heavy (non-hydrogen) atoms. The average molecular weight is 523 g/mol. The van der Waals surface area contributed by atoms with Crippen molar-refractivity contribution in [3.63, 3.8) is 0 Å². The Morgan fingerprint density at radius 2 is 1.33 bits per heavy atom.